The van der Waals surface area contributed by atoms with Crippen molar-refractivity contribution in [3.05, 3.63) is 74.6 Å². The Balaban J connectivity index is 2.53. The highest BCUT2D eigenvalue weighted by atomic mass is 35.5. The van der Waals surface area contributed by atoms with E-state index in [0.717, 1.165) is 37.4 Å². The van der Waals surface area contributed by atoms with Gasteiger partial charge in [-0.25, -0.2) is 0 Å². The zero-order valence-corrected chi connectivity index (χ0v) is 16.6. The second-order valence-electron chi connectivity index (χ2n) is 5.46. The number of methoxy groups -OCH3 is 1. The minimum absolute atomic E-state index is 0.0991. The van der Waals surface area contributed by atoms with Gasteiger partial charge in [-0.2, -0.15) is 21.6 Å². The topological polar surface area (TPSA) is 108 Å². The summed E-state index contributed by atoms with van der Waals surface area (Å²) < 4.78 is 75.1. The average molecular weight is 465 g/mol. The number of ether oxygens (including phenoxy) is 2. The fourth-order valence-corrected chi connectivity index (χ4v) is 2.84. The van der Waals surface area contributed by atoms with E-state index in [0.29, 0.717) is 11.5 Å². The summed E-state index contributed by atoms with van der Waals surface area (Å²) in [7, 11) is -3.14. The third-order valence-corrected chi connectivity index (χ3v) is 4.63. The van der Waals surface area contributed by atoms with Gasteiger partial charge in [0, 0.05) is 17.5 Å². The summed E-state index contributed by atoms with van der Waals surface area (Å²) >= 11 is 5.83. The van der Waals surface area contributed by atoms with Gasteiger partial charge in [0.1, 0.15) is 17.1 Å². The Hall–Kier alpha value is -3.12. The van der Waals surface area contributed by atoms with Gasteiger partial charge in [0.15, 0.2) is 0 Å². The molecule has 160 valence electrons. The molecular formula is C17H12ClF3N2O6S. The van der Waals surface area contributed by atoms with Crippen LogP contribution in [0.25, 0.3) is 0 Å². The standard InChI is InChI=1S/C17H12ClF3N2O6S/c1-3-30(26,27)22-16(28-2)12-9-11(5-6-14(12)23(24)25)29-15-7-4-10(8-13(15)18)17(19,20)21/h3-9H,1H2,2H3. The number of nitrogens with zero attached hydrogens (tertiary/aromatic N) is 2. The number of halogens is 4. The number of alkyl halides is 3. The molecule has 0 spiro atoms. The Morgan fingerprint density at radius 1 is 1.27 bits per heavy atom. The van der Waals surface area contributed by atoms with Crippen LogP contribution in [-0.2, 0) is 20.9 Å². The third-order valence-electron chi connectivity index (χ3n) is 3.50. The van der Waals surface area contributed by atoms with Crippen molar-refractivity contribution < 1.29 is 36.0 Å². The first-order chi connectivity index (χ1) is 13.9. The van der Waals surface area contributed by atoms with Crippen LogP contribution in [0.2, 0.25) is 5.02 Å². The van der Waals surface area contributed by atoms with Crippen LogP contribution >= 0.6 is 11.6 Å². The summed E-state index contributed by atoms with van der Waals surface area (Å²) in [4.78, 5) is 10.5. The van der Waals surface area contributed by atoms with Crippen LogP contribution < -0.4 is 4.74 Å². The van der Waals surface area contributed by atoms with Gasteiger partial charge in [0.05, 0.1) is 22.6 Å². The molecule has 0 aliphatic rings. The molecule has 2 rings (SSSR count). The van der Waals surface area contributed by atoms with E-state index in [-0.39, 0.29) is 22.1 Å². The van der Waals surface area contributed by atoms with E-state index in [1.165, 1.54) is 0 Å². The Kier molecular flexibility index (Phi) is 6.73. The molecule has 0 heterocycles. The van der Waals surface area contributed by atoms with Crippen molar-refractivity contribution in [1.29, 1.82) is 0 Å². The molecule has 30 heavy (non-hydrogen) atoms. The largest absolute Gasteiger partial charge is 0.480 e. The number of nitro benzene ring substituents is 1. The number of benzene rings is 2. The van der Waals surface area contributed by atoms with E-state index in [2.05, 4.69) is 11.0 Å². The van der Waals surface area contributed by atoms with Crippen molar-refractivity contribution in [3.63, 3.8) is 0 Å². The van der Waals surface area contributed by atoms with E-state index < -0.39 is 38.3 Å². The molecule has 0 bridgehead atoms. The van der Waals surface area contributed by atoms with E-state index >= 15 is 0 Å². The predicted octanol–water partition coefficient (Wildman–Crippen LogP) is 4.93. The summed E-state index contributed by atoms with van der Waals surface area (Å²) in [6.07, 6.45) is -4.61. The second kappa shape index (κ2) is 8.71. The zero-order chi connectivity index (χ0) is 22.7. The van der Waals surface area contributed by atoms with Crippen molar-refractivity contribution in [3.8, 4) is 11.5 Å². The smallest absolute Gasteiger partial charge is 0.416 e. The number of hydrogen-bond acceptors (Lipinski definition) is 6. The normalized spacial score (nSPS) is 12.4. The zero-order valence-electron chi connectivity index (χ0n) is 15.0. The Morgan fingerprint density at radius 2 is 1.93 bits per heavy atom. The molecule has 0 amide bonds. The Labute approximate surface area is 173 Å². The predicted molar refractivity (Wildman–Crippen MR) is 102 cm³/mol. The highest BCUT2D eigenvalue weighted by Gasteiger charge is 2.31. The molecule has 0 aliphatic heterocycles. The maximum absolute atomic E-state index is 12.7. The van der Waals surface area contributed by atoms with Crippen molar-refractivity contribution in [1.82, 2.24) is 0 Å². The molecule has 0 radical (unpaired) electrons. The van der Waals surface area contributed by atoms with E-state index in [4.69, 9.17) is 21.1 Å². The molecule has 2 aromatic carbocycles. The van der Waals surface area contributed by atoms with Gasteiger partial charge in [-0.05, 0) is 24.3 Å². The summed E-state index contributed by atoms with van der Waals surface area (Å²) in [6, 6.07) is 5.53. The molecule has 13 heteroatoms. The number of hydrogen-bond donors (Lipinski definition) is 0. The summed E-state index contributed by atoms with van der Waals surface area (Å²) in [5, 5.41) is 11.4. The minimum Gasteiger partial charge on any atom is -0.480 e. The fraction of sp³-hybridized carbons (Fsp3) is 0.118. The number of rotatable bonds is 6. The van der Waals surface area contributed by atoms with E-state index in [1.807, 2.05) is 0 Å². The van der Waals surface area contributed by atoms with Gasteiger partial charge in [-0.1, -0.05) is 18.2 Å². The SMILES string of the molecule is C=CS(=O)(=O)N=C(OC)c1cc(Oc2ccc(C(F)(F)F)cc2Cl)ccc1[N+](=O)[O-]. The first-order valence-electron chi connectivity index (χ1n) is 7.72. The summed E-state index contributed by atoms with van der Waals surface area (Å²) in [6.45, 7) is 3.07. The highest BCUT2D eigenvalue weighted by molar-refractivity contribution is 7.93. The molecule has 0 aromatic heterocycles. The number of sulfonamides is 1. The monoisotopic (exact) mass is 464 g/mol. The van der Waals surface area contributed by atoms with Gasteiger partial charge < -0.3 is 9.47 Å². The highest BCUT2D eigenvalue weighted by Crippen LogP contribution is 2.37. The first kappa shape index (κ1) is 23.2. The molecule has 0 aliphatic carbocycles. The number of nitro groups is 1. The lowest BCUT2D eigenvalue weighted by Gasteiger charge is -2.12. The molecular weight excluding hydrogens is 453 g/mol. The van der Waals surface area contributed by atoms with Crippen molar-refractivity contribution in [2.24, 2.45) is 4.40 Å². The molecule has 8 nitrogen and oxygen atoms in total. The van der Waals surface area contributed by atoms with Crippen molar-refractivity contribution >= 4 is 33.2 Å². The van der Waals surface area contributed by atoms with Crippen molar-refractivity contribution in [2.45, 2.75) is 6.18 Å². The van der Waals surface area contributed by atoms with Crippen LogP contribution in [0.15, 0.2) is 52.8 Å². The van der Waals surface area contributed by atoms with E-state index in [9.17, 15) is 31.7 Å². The van der Waals surface area contributed by atoms with E-state index in [1.54, 1.807) is 0 Å². The average Bonchev–Trinajstić information content (AvgIpc) is 2.66. The van der Waals surface area contributed by atoms with Gasteiger partial charge >= 0.3 is 6.18 Å². The van der Waals surface area contributed by atoms with Crippen LogP contribution in [0, 0.1) is 10.1 Å². The van der Waals surface area contributed by atoms with Crippen LogP contribution in [0.3, 0.4) is 0 Å². The molecule has 0 fully saturated rings. The molecule has 0 N–H and O–H groups in total. The third kappa shape index (κ3) is 5.48. The Bertz CT molecular complexity index is 1130. The lowest BCUT2D eigenvalue weighted by molar-refractivity contribution is -0.385. The minimum atomic E-state index is -4.61. The van der Waals surface area contributed by atoms with Crippen LogP contribution in [-0.4, -0.2) is 26.3 Å². The molecule has 0 atom stereocenters. The summed E-state index contributed by atoms with van der Waals surface area (Å²) in [5.74, 6) is -0.886. The van der Waals surface area contributed by atoms with Crippen LogP contribution in [0.1, 0.15) is 11.1 Å². The lowest BCUT2D eigenvalue weighted by atomic mass is 10.1. The van der Waals surface area contributed by atoms with Gasteiger partial charge in [0.2, 0.25) is 5.90 Å². The lowest BCUT2D eigenvalue weighted by Crippen LogP contribution is -2.10. The first-order valence-corrected chi connectivity index (χ1v) is 9.61. The maximum Gasteiger partial charge on any atom is 0.416 e. The molecule has 2 aromatic rings. The van der Waals surface area contributed by atoms with Crippen LogP contribution in [0.5, 0.6) is 11.5 Å². The van der Waals surface area contributed by atoms with Crippen LogP contribution in [0.4, 0.5) is 18.9 Å². The molecule has 0 saturated carbocycles. The summed E-state index contributed by atoms with van der Waals surface area (Å²) in [5.41, 5.74) is -1.90. The maximum atomic E-state index is 12.7. The fourth-order valence-electron chi connectivity index (χ4n) is 2.15. The molecule has 0 saturated heterocycles. The van der Waals surface area contributed by atoms with Gasteiger partial charge in [-0.3, -0.25) is 10.1 Å². The van der Waals surface area contributed by atoms with Gasteiger partial charge in [-0.15, -0.1) is 4.40 Å². The van der Waals surface area contributed by atoms with Gasteiger partial charge in [0.25, 0.3) is 15.7 Å². The molecule has 0 unspecified atom stereocenters. The second-order valence-corrected chi connectivity index (χ2v) is 7.42. The van der Waals surface area contributed by atoms with Crippen molar-refractivity contribution in [2.75, 3.05) is 7.11 Å². The Morgan fingerprint density at radius 3 is 2.43 bits per heavy atom. The quantitative estimate of drug-likeness (QED) is 0.260.